The van der Waals surface area contributed by atoms with Gasteiger partial charge in [0.25, 0.3) is 0 Å². The van der Waals surface area contributed by atoms with Crippen molar-refractivity contribution in [1.82, 2.24) is 25.0 Å². The molecule has 2 rings (SSSR count). The number of guanidine groups is 1. The van der Waals surface area contributed by atoms with Crippen molar-refractivity contribution in [3.8, 4) is 0 Å². The lowest BCUT2D eigenvalue weighted by molar-refractivity contribution is 0.407. The molecule has 1 atom stereocenters. The third-order valence-electron chi connectivity index (χ3n) is 3.84. The van der Waals surface area contributed by atoms with E-state index in [1.54, 1.807) is 6.33 Å². The number of nitrogens with zero attached hydrogens (tertiary/aromatic N) is 5. The molecule has 1 fully saturated rings. The van der Waals surface area contributed by atoms with Gasteiger partial charge in [0.2, 0.25) is 0 Å². The van der Waals surface area contributed by atoms with Crippen LogP contribution >= 0.6 is 35.7 Å². The number of nitrogens with one attached hydrogen (secondary N) is 1. The number of thioether (sulfide) groups is 1. The van der Waals surface area contributed by atoms with E-state index in [9.17, 15) is 0 Å². The Hall–Kier alpha value is -0.510. The van der Waals surface area contributed by atoms with Crippen molar-refractivity contribution >= 4 is 41.7 Å². The van der Waals surface area contributed by atoms with E-state index in [1.807, 2.05) is 0 Å². The number of aliphatic imine (C=N–C) groups is 1. The number of halogens is 1. The first kappa shape index (κ1) is 20.5. The molecule has 0 bridgehead atoms. The summed E-state index contributed by atoms with van der Waals surface area (Å²) in [5.74, 6) is 3.27. The number of rotatable bonds is 6. The fraction of sp³-hybridized carbons (Fsp3) is 0.800. The van der Waals surface area contributed by atoms with Crippen LogP contribution < -0.4 is 5.32 Å². The Kier molecular flexibility index (Phi) is 9.92. The van der Waals surface area contributed by atoms with Gasteiger partial charge in [-0.3, -0.25) is 4.99 Å². The summed E-state index contributed by atoms with van der Waals surface area (Å²) in [6, 6.07) is 0. The van der Waals surface area contributed by atoms with Gasteiger partial charge in [-0.25, -0.2) is 0 Å². The Balaban J connectivity index is 0.00000264. The van der Waals surface area contributed by atoms with Crippen LogP contribution in [0.15, 0.2) is 11.3 Å². The zero-order valence-corrected chi connectivity index (χ0v) is 17.5. The summed E-state index contributed by atoms with van der Waals surface area (Å²) in [4.78, 5) is 7.21. The largest absolute Gasteiger partial charge is 0.357 e. The Morgan fingerprint density at radius 3 is 2.96 bits per heavy atom. The first-order chi connectivity index (χ1) is 10.8. The quantitative estimate of drug-likeness (QED) is 0.408. The lowest BCUT2D eigenvalue weighted by Crippen LogP contribution is -2.48. The van der Waals surface area contributed by atoms with E-state index < -0.39 is 0 Å². The molecule has 8 heteroatoms. The van der Waals surface area contributed by atoms with Gasteiger partial charge >= 0.3 is 0 Å². The minimum atomic E-state index is 0. The summed E-state index contributed by atoms with van der Waals surface area (Å²) in [6.07, 6.45) is 3.93. The van der Waals surface area contributed by atoms with Crippen LogP contribution in [0, 0.1) is 0 Å². The SMILES string of the molecule is CCNC(=NCCn1cnnc1CC)N1CCSC(CC)C1.I. The topological polar surface area (TPSA) is 58.3 Å². The van der Waals surface area contributed by atoms with Gasteiger partial charge in [-0.2, -0.15) is 11.8 Å². The molecule has 1 aliphatic rings. The van der Waals surface area contributed by atoms with Gasteiger partial charge < -0.3 is 14.8 Å². The predicted molar refractivity (Wildman–Crippen MR) is 109 cm³/mol. The van der Waals surface area contributed by atoms with Crippen molar-refractivity contribution in [2.24, 2.45) is 4.99 Å². The highest BCUT2D eigenvalue weighted by Crippen LogP contribution is 2.21. The monoisotopic (exact) mass is 452 g/mol. The van der Waals surface area contributed by atoms with E-state index in [4.69, 9.17) is 4.99 Å². The third-order valence-corrected chi connectivity index (χ3v) is 5.22. The Bertz CT molecular complexity index is 478. The van der Waals surface area contributed by atoms with E-state index in [-0.39, 0.29) is 24.0 Å². The van der Waals surface area contributed by atoms with Crippen molar-refractivity contribution in [3.05, 3.63) is 12.2 Å². The predicted octanol–water partition coefficient (Wildman–Crippen LogP) is 2.25. The molecule has 0 saturated carbocycles. The number of aromatic nitrogens is 3. The standard InChI is InChI=1S/C15H28N6S.HI/c1-4-13-11-20(9-10-22-13)15(16-6-3)17-7-8-21-12-18-19-14(21)5-2;/h12-13H,4-11H2,1-3H3,(H,16,17);1H. The summed E-state index contributed by atoms with van der Waals surface area (Å²) in [5, 5.41) is 12.2. The summed E-state index contributed by atoms with van der Waals surface area (Å²) in [6.45, 7) is 11.2. The van der Waals surface area contributed by atoms with Gasteiger partial charge in [-0.15, -0.1) is 34.2 Å². The molecule has 0 aromatic carbocycles. The summed E-state index contributed by atoms with van der Waals surface area (Å²) in [5.41, 5.74) is 0. The van der Waals surface area contributed by atoms with E-state index >= 15 is 0 Å². The number of hydrogen-bond donors (Lipinski definition) is 1. The molecular weight excluding hydrogens is 423 g/mol. The van der Waals surface area contributed by atoms with Crippen LogP contribution in [0.5, 0.6) is 0 Å². The summed E-state index contributed by atoms with van der Waals surface area (Å²) >= 11 is 2.08. The van der Waals surface area contributed by atoms with Crippen LogP contribution in [0.4, 0.5) is 0 Å². The lowest BCUT2D eigenvalue weighted by atomic mass is 10.3. The van der Waals surface area contributed by atoms with Crippen LogP contribution in [-0.2, 0) is 13.0 Å². The van der Waals surface area contributed by atoms with Crippen LogP contribution in [0.25, 0.3) is 0 Å². The second kappa shape index (κ2) is 11.1. The maximum Gasteiger partial charge on any atom is 0.194 e. The second-order valence-corrected chi connectivity index (χ2v) is 6.79. The number of aryl methyl sites for hydroxylation is 1. The molecule has 1 aromatic heterocycles. The molecule has 1 aliphatic heterocycles. The third kappa shape index (κ3) is 6.13. The van der Waals surface area contributed by atoms with Gasteiger partial charge in [-0.05, 0) is 13.3 Å². The van der Waals surface area contributed by atoms with Gasteiger partial charge in [0.05, 0.1) is 6.54 Å². The van der Waals surface area contributed by atoms with Crippen molar-refractivity contribution in [1.29, 1.82) is 0 Å². The summed E-state index contributed by atoms with van der Waals surface area (Å²) < 4.78 is 2.09. The molecule has 132 valence electrons. The highest BCUT2D eigenvalue weighted by atomic mass is 127. The van der Waals surface area contributed by atoms with E-state index in [2.05, 4.69) is 57.5 Å². The van der Waals surface area contributed by atoms with E-state index in [0.717, 1.165) is 56.2 Å². The molecule has 1 saturated heterocycles. The van der Waals surface area contributed by atoms with Crippen LogP contribution in [-0.4, -0.2) is 62.8 Å². The highest BCUT2D eigenvalue weighted by Gasteiger charge is 2.21. The normalized spacial score (nSPS) is 18.7. The average Bonchev–Trinajstić information content (AvgIpc) is 3.01. The van der Waals surface area contributed by atoms with Crippen LogP contribution in [0.2, 0.25) is 0 Å². The molecule has 0 amide bonds. The molecule has 23 heavy (non-hydrogen) atoms. The first-order valence-corrected chi connectivity index (χ1v) is 9.34. The molecule has 1 unspecified atom stereocenters. The molecule has 0 spiro atoms. The zero-order valence-electron chi connectivity index (χ0n) is 14.4. The molecule has 6 nitrogen and oxygen atoms in total. The maximum atomic E-state index is 4.80. The fourth-order valence-electron chi connectivity index (χ4n) is 2.59. The minimum absolute atomic E-state index is 0. The Morgan fingerprint density at radius 1 is 1.43 bits per heavy atom. The van der Waals surface area contributed by atoms with E-state index in [1.165, 1.54) is 12.2 Å². The number of hydrogen-bond acceptors (Lipinski definition) is 4. The van der Waals surface area contributed by atoms with Crippen molar-refractivity contribution < 1.29 is 0 Å². The molecule has 0 radical (unpaired) electrons. The first-order valence-electron chi connectivity index (χ1n) is 8.30. The van der Waals surface area contributed by atoms with Crippen molar-refractivity contribution in [3.63, 3.8) is 0 Å². The van der Waals surface area contributed by atoms with Gasteiger partial charge in [0, 0.05) is 43.6 Å². The van der Waals surface area contributed by atoms with Gasteiger partial charge in [0.15, 0.2) is 5.96 Å². The second-order valence-electron chi connectivity index (χ2n) is 5.38. The lowest BCUT2D eigenvalue weighted by Gasteiger charge is -2.34. The molecule has 0 aliphatic carbocycles. The zero-order chi connectivity index (χ0) is 15.8. The van der Waals surface area contributed by atoms with Crippen LogP contribution in [0.1, 0.15) is 33.0 Å². The van der Waals surface area contributed by atoms with Crippen molar-refractivity contribution in [2.75, 3.05) is 31.9 Å². The van der Waals surface area contributed by atoms with Gasteiger partial charge in [-0.1, -0.05) is 13.8 Å². The Labute approximate surface area is 160 Å². The van der Waals surface area contributed by atoms with Gasteiger partial charge in [0.1, 0.15) is 12.2 Å². The Morgan fingerprint density at radius 2 is 2.26 bits per heavy atom. The minimum Gasteiger partial charge on any atom is -0.357 e. The van der Waals surface area contributed by atoms with E-state index in [0.29, 0.717) is 0 Å². The molecule has 1 N–H and O–H groups in total. The highest BCUT2D eigenvalue weighted by molar-refractivity contribution is 14.0. The average molecular weight is 452 g/mol. The smallest absolute Gasteiger partial charge is 0.194 e. The molecule has 2 heterocycles. The molecular formula is C15H29IN6S. The molecule has 1 aromatic rings. The van der Waals surface area contributed by atoms with Crippen LogP contribution in [0.3, 0.4) is 0 Å². The summed E-state index contributed by atoms with van der Waals surface area (Å²) in [7, 11) is 0. The van der Waals surface area contributed by atoms with Crippen molar-refractivity contribution in [2.45, 2.75) is 45.4 Å². The maximum absolute atomic E-state index is 4.80. The fourth-order valence-corrected chi connectivity index (χ4v) is 3.77.